The fourth-order valence-corrected chi connectivity index (χ4v) is 3.04. The molecule has 0 aliphatic heterocycles. The van der Waals surface area contributed by atoms with Gasteiger partial charge >= 0.3 is 0 Å². The number of thioether (sulfide) groups is 1. The molecule has 1 aromatic carbocycles. The fourth-order valence-electron chi connectivity index (χ4n) is 1.98. The summed E-state index contributed by atoms with van der Waals surface area (Å²) in [5.74, 6) is 0.105. The van der Waals surface area contributed by atoms with Crippen LogP contribution in [0.2, 0.25) is 5.02 Å². The molecular weight excluding hydrogens is 366 g/mol. The Kier molecular flexibility index (Phi) is 5.90. The monoisotopic (exact) mass is 377 g/mol. The summed E-state index contributed by atoms with van der Waals surface area (Å²) >= 11 is 6.82. The maximum absolute atomic E-state index is 12.1. The van der Waals surface area contributed by atoms with Crippen molar-refractivity contribution in [2.24, 2.45) is 0 Å². The Labute approximate surface area is 152 Å². The fraction of sp³-hybridized carbons (Fsp3) is 0.200. The summed E-state index contributed by atoms with van der Waals surface area (Å²) in [4.78, 5) is 30.6. The van der Waals surface area contributed by atoms with E-state index in [4.69, 9.17) is 11.6 Å². The third-order valence-electron chi connectivity index (χ3n) is 3.05. The Morgan fingerprint density at radius 3 is 2.80 bits per heavy atom. The van der Waals surface area contributed by atoms with Gasteiger partial charge in [-0.25, -0.2) is 9.97 Å². The molecule has 1 heterocycles. The van der Waals surface area contributed by atoms with E-state index in [-0.39, 0.29) is 28.1 Å². The van der Waals surface area contributed by atoms with Crippen LogP contribution in [0.5, 0.6) is 0 Å². The van der Waals surface area contributed by atoms with Crippen LogP contribution < -0.4 is 5.32 Å². The maximum atomic E-state index is 12.1. The molecular formula is C15H12ClN5O3S. The van der Waals surface area contributed by atoms with Gasteiger partial charge in [-0.1, -0.05) is 23.4 Å². The molecule has 1 amide bonds. The number of rotatable bonds is 5. The Morgan fingerprint density at radius 1 is 1.44 bits per heavy atom. The number of nitriles is 1. The number of nitrogens with zero attached hydrogens (tertiary/aromatic N) is 4. The van der Waals surface area contributed by atoms with Crippen LogP contribution in [0.25, 0.3) is 0 Å². The molecule has 128 valence electrons. The van der Waals surface area contributed by atoms with Gasteiger partial charge in [0.2, 0.25) is 5.91 Å². The third-order valence-corrected chi connectivity index (χ3v) is 4.34. The van der Waals surface area contributed by atoms with Crippen molar-refractivity contribution in [3.8, 4) is 6.07 Å². The number of aryl methyl sites for hydroxylation is 2. The second-order valence-electron chi connectivity index (χ2n) is 4.91. The minimum absolute atomic E-state index is 0.0111. The summed E-state index contributed by atoms with van der Waals surface area (Å²) in [5.41, 5.74) is 0.843. The number of hydrogen-bond acceptors (Lipinski definition) is 7. The molecule has 1 aromatic heterocycles. The molecule has 0 unspecified atom stereocenters. The summed E-state index contributed by atoms with van der Waals surface area (Å²) < 4.78 is 0. The van der Waals surface area contributed by atoms with Gasteiger partial charge < -0.3 is 5.32 Å². The Hall–Kier alpha value is -2.70. The van der Waals surface area contributed by atoms with Gasteiger partial charge in [-0.3, -0.25) is 14.9 Å². The topological polar surface area (TPSA) is 122 Å². The van der Waals surface area contributed by atoms with Crippen molar-refractivity contribution in [1.82, 2.24) is 9.97 Å². The number of nitrogens with one attached hydrogen (secondary N) is 1. The number of nitro benzene ring substituents is 1. The van der Waals surface area contributed by atoms with Gasteiger partial charge in [0.25, 0.3) is 5.69 Å². The minimum atomic E-state index is -0.627. The number of amides is 1. The summed E-state index contributed by atoms with van der Waals surface area (Å²) in [5, 5.41) is 23.0. The second kappa shape index (κ2) is 7.92. The first kappa shape index (κ1) is 18.6. The van der Waals surface area contributed by atoms with Crippen LogP contribution in [-0.4, -0.2) is 26.6 Å². The van der Waals surface area contributed by atoms with Crippen LogP contribution in [0.1, 0.15) is 17.1 Å². The zero-order chi connectivity index (χ0) is 18.6. The highest BCUT2D eigenvalue weighted by molar-refractivity contribution is 8.00. The number of benzene rings is 1. The zero-order valence-electron chi connectivity index (χ0n) is 13.2. The number of anilines is 1. The molecule has 0 saturated carbocycles. The number of aromatic nitrogens is 2. The number of halogens is 1. The van der Waals surface area contributed by atoms with Crippen LogP contribution in [-0.2, 0) is 4.79 Å². The van der Waals surface area contributed by atoms with Crippen molar-refractivity contribution in [1.29, 1.82) is 5.26 Å². The summed E-state index contributed by atoms with van der Waals surface area (Å²) in [6.07, 6.45) is 0. The maximum Gasteiger partial charge on any atom is 0.289 e. The molecule has 0 fully saturated rings. The van der Waals surface area contributed by atoms with E-state index in [1.165, 1.54) is 18.2 Å². The molecule has 1 N–H and O–H groups in total. The SMILES string of the molecule is Cc1nc(C)c(C#N)c(SCC(=O)Nc2ccc(Cl)c([N+](=O)[O-])c2)n1. The average Bonchev–Trinajstić information content (AvgIpc) is 2.54. The summed E-state index contributed by atoms with van der Waals surface area (Å²) in [7, 11) is 0. The predicted molar refractivity (Wildman–Crippen MR) is 93.7 cm³/mol. The first-order valence-corrected chi connectivity index (χ1v) is 8.30. The first-order valence-electron chi connectivity index (χ1n) is 6.93. The Morgan fingerprint density at radius 2 is 2.16 bits per heavy atom. The summed E-state index contributed by atoms with van der Waals surface area (Å²) in [6, 6.07) is 6.02. The number of nitro groups is 1. The minimum Gasteiger partial charge on any atom is -0.325 e. The van der Waals surface area contributed by atoms with E-state index in [9.17, 15) is 20.2 Å². The predicted octanol–water partition coefficient (Wildman–Crippen LogP) is 3.26. The molecule has 0 radical (unpaired) electrons. The molecule has 25 heavy (non-hydrogen) atoms. The molecule has 8 nitrogen and oxygen atoms in total. The molecule has 0 spiro atoms. The lowest BCUT2D eigenvalue weighted by Crippen LogP contribution is -2.14. The van der Waals surface area contributed by atoms with E-state index < -0.39 is 4.92 Å². The van der Waals surface area contributed by atoms with Crippen molar-refractivity contribution in [3.05, 3.63) is 50.4 Å². The largest absolute Gasteiger partial charge is 0.325 e. The molecule has 0 saturated heterocycles. The first-order chi connectivity index (χ1) is 11.8. The van der Waals surface area contributed by atoms with Gasteiger partial charge in [-0.2, -0.15) is 5.26 Å². The van der Waals surface area contributed by atoms with Crippen molar-refractivity contribution in [2.45, 2.75) is 18.9 Å². The van der Waals surface area contributed by atoms with E-state index in [2.05, 4.69) is 15.3 Å². The molecule has 0 bridgehead atoms. The van der Waals surface area contributed by atoms with E-state index >= 15 is 0 Å². The van der Waals surface area contributed by atoms with Gasteiger partial charge in [0.1, 0.15) is 27.5 Å². The van der Waals surface area contributed by atoms with Gasteiger partial charge in [-0.15, -0.1) is 0 Å². The van der Waals surface area contributed by atoms with E-state index in [0.29, 0.717) is 22.1 Å². The highest BCUT2D eigenvalue weighted by Crippen LogP contribution is 2.28. The number of carbonyl (C=O) groups excluding carboxylic acids is 1. The molecule has 10 heteroatoms. The third kappa shape index (κ3) is 4.65. The van der Waals surface area contributed by atoms with Gasteiger partial charge in [0.15, 0.2) is 0 Å². The van der Waals surface area contributed by atoms with E-state index in [1.54, 1.807) is 13.8 Å². The zero-order valence-corrected chi connectivity index (χ0v) is 14.8. The molecule has 0 aliphatic carbocycles. The summed E-state index contributed by atoms with van der Waals surface area (Å²) in [6.45, 7) is 3.40. The van der Waals surface area contributed by atoms with Crippen LogP contribution in [0.3, 0.4) is 0 Å². The van der Waals surface area contributed by atoms with Crippen molar-refractivity contribution in [3.63, 3.8) is 0 Å². The molecule has 2 aromatic rings. The smallest absolute Gasteiger partial charge is 0.289 e. The van der Waals surface area contributed by atoms with Gasteiger partial charge in [0, 0.05) is 11.8 Å². The second-order valence-corrected chi connectivity index (χ2v) is 6.28. The van der Waals surface area contributed by atoms with Crippen LogP contribution >= 0.6 is 23.4 Å². The van der Waals surface area contributed by atoms with E-state index in [0.717, 1.165) is 11.8 Å². The molecule has 0 aliphatic rings. The molecule has 0 atom stereocenters. The van der Waals surface area contributed by atoms with Gasteiger partial charge in [-0.05, 0) is 26.0 Å². The average molecular weight is 378 g/mol. The van der Waals surface area contributed by atoms with Crippen LogP contribution in [0.4, 0.5) is 11.4 Å². The lowest BCUT2D eigenvalue weighted by atomic mass is 10.3. The van der Waals surface area contributed by atoms with Gasteiger partial charge in [0.05, 0.1) is 16.4 Å². The number of hydrogen-bond donors (Lipinski definition) is 1. The molecule has 2 rings (SSSR count). The van der Waals surface area contributed by atoms with Crippen molar-refractivity contribution in [2.75, 3.05) is 11.1 Å². The lowest BCUT2D eigenvalue weighted by Gasteiger charge is -2.08. The standard InChI is InChI=1S/C15H12ClN5O3S/c1-8-11(6-17)15(19-9(2)18-8)25-7-14(22)20-10-3-4-12(16)13(5-10)21(23)24/h3-5H,7H2,1-2H3,(H,20,22). The lowest BCUT2D eigenvalue weighted by molar-refractivity contribution is -0.384. The Balaban J connectivity index is 2.09. The normalized spacial score (nSPS) is 10.2. The highest BCUT2D eigenvalue weighted by atomic mass is 35.5. The van der Waals surface area contributed by atoms with Crippen molar-refractivity contribution < 1.29 is 9.72 Å². The quantitative estimate of drug-likeness (QED) is 0.367. The van der Waals surface area contributed by atoms with Crippen LogP contribution in [0, 0.1) is 35.3 Å². The van der Waals surface area contributed by atoms with Crippen LogP contribution in [0.15, 0.2) is 23.2 Å². The van der Waals surface area contributed by atoms with Crippen molar-refractivity contribution >= 4 is 40.6 Å². The number of carbonyl (C=O) groups is 1. The Bertz CT molecular complexity index is 897. The highest BCUT2D eigenvalue weighted by Gasteiger charge is 2.15. The van der Waals surface area contributed by atoms with E-state index in [1.807, 2.05) is 6.07 Å².